The first-order valence-corrected chi connectivity index (χ1v) is 7.97. The zero-order valence-corrected chi connectivity index (χ0v) is 13.6. The van der Waals surface area contributed by atoms with Crippen molar-refractivity contribution in [3.8, 4) is 0 Å². The van der Waals surface area contributed by atoms with Gasteiger partial charge in [-0.1, -0.05) is 6.42 Å². The number of aliphatic carboxylic acids is 1. The van der Waals surface area contributed by atoms with E-state index in [1.54, 1.807) is 6.20 Å². The fraction of sp³-hybridized carbons (Fsp3) is 0.733. The van der Waals surface area contributed by atoms with Crippen LogP contribution in [-0.2, 0) is 9.59 Å². The number of nitrogens with one attached hydrogen (secondary N) is 1. The van der Waals surface area contributed by atoms with Crippen LogP contribution in [-0.4, -0.2) is 41.8 Å². The van der Waals surface area contributed by atoms with Crippen LogP contribution in [0.15, 0.2) is 11.9 Å². The number of amides is 1. The van der Waals surface area contributed by atoms with E-state index in [4.69, 9.17) is 16.7 Å². The summed E-state index contributed by atoms with van der Waals surface area (Å²) >= 11 is 0. The Kier molecular flexibility index (Phi) is 12.7. The maximum absolute atomic E-state index is 12.0. The highest BCUT2D eigenvalue weighted by Crippen LogP contribution is 2.01. The van der Waals surface area contributed by atoms with Crippen LogP contribution in [0.1, 0.15) is 51.4 Å². The number of hydrogen-bond acceptors (Lipinski definition) is 5. The van der Waals surface area contributed by atoms with E-state index in [9.17, 15) is 14.0 Å². The Morgan fingerprint density at radius 3 is 2.48 bits per heavy atom. The molecule has 0 aliphatic heterocycles. The molecular formula is C15H29FN4O3. The molecule has 1 amide bonds. The summed E-state index contributed by atoms with van der Waals surface area (Å²) in [6, 6.07) is 0. The predicted octanol–water partition coefficient (Wildman–Crippen LogP) is 1.25. The first kappa shape index (κ1) is 21.2. The molecule has 134 valence electrons. The highest BCUT2D eigenvalue weighted by atomic mass is 19.1. The lowest BCUT2D eigenvalue weighted by Crippen LogP contribution is -2.30. The van der Waals surface area contributed by atoms with Crippen molar-refractivity contribution >= 4 is 11.9 Å². The van der Waals surface area contributed by atoms with Crippen molar-refractivity contribution in [3.05, 3.63) is 11.9 Å². The maximum atomic E-state index is 12.0. The van der Waals surface area contributed by atoms with Gasteiger partial charge in [0.2, 0.25) is 5.91 Å². The summed E-state index contributed by atoms with van der Waals surface area (Å²) in [6.07, 6.45) is 5.72. The van der Waals surface area contributed by atoms with Gasteiger partial charge in [0.05, 0.1) is 6.67 Å². The summed E-state index contributed by atoms with van der Waals surface area (Å²) in [7, 11) is 0. The first-order chi connectivity index (χ1) is 11.0. The van der Waals surface area contributed by atoms with E-state index in [-0.39, 0.29) is 12.3 Å². The average molecular weight is 332 g/mol. The van der Waals surface area contributed by atoms with Gasteiger partial charge < -0.3 is 21.2 Å². The second-order valence-corrected chi connectivity index (χ2v) is 5.39. The monoisotopic (exact) mass is 332 g/mol. The van der Waals surface area contributed by atoms with E-state index in [1.807, 2.05) is 0 Å². The van der Waals surface area contributed by atoms with E-state index < -0.39 is 12.6 Å². The smallest absolute Gasteiger partial charge is 0.303 e. The highest BCUT2D eigenvalue weighted by Gasteiger charge is 2.03. The van der Waals surface area contributed by atoms with E-state index in [0.29, 0.717) is 50.9 Å². The molecule has 0 saturated carbocycles. The van der Waals surface area contributed by atoms with Gasteiger partial charge in [0.25, 0.3) is 0 Å². The molecule has 0 aromatic carbocycles. The molecule has 23 heavy (non-hydrogen) atoms. The molecule has 0 aromatic rings. The third-order valence-corrected chi connectivity index (χ3v) is 3.14. The molecule has 0 aliphatic carbocycles. The molecule has 0 heterocycles. The number of carbonyl (C=O) groups excluding carboxylic acids is 1. The molecular weight excluding hydrogens is 303 g/mol. The van der Waals surface area contributed by atoms with E-state index >= 15 is 0 Å². The Balaban J connectivity index is 3.60. The summed E-state index contributed by atoms with van der Waals surface area (Å²) in [5, 5.41) is 12.7. The van der Waals surface area contributed by atoms with Gasteiger partial charge >= 0.3 is 5.97 Å². The number of hydrazine groups is 1. The molecule has 8 heteroatoms. The number of halogens is 1. The summed E-state index contributed by atoms with van der Waals surface area (Å²) in [5.41, 5.74) is 6.20. The fourth-order valence-electron chi connectivity index (χ4n) is 1.93. The molecule has 0 unspecified atom stereocenters. The highest BCUT2D eigenvalue weighted by molar-refractivity contribution is 5.75. The van der Waals surface area contributed by atoms with Crippen LogP contribution >= 0.6 is 0 Å². The second kappa shape index (κ2) is 13.8. The van der Waals surface area contributed by atoms with Crippen LogP contribution in [0, 0.1) is 0 Å². The van der Waals surface area contributed by atoms with Gasteiger partial charge in [-0.15, -0.1) is 0 Å². The topological polar surface area (TPSA) is 122 Å². The fourth-order valence-corrected chi connectivity index (χ4v) is 1.93. The van der Waals surface area contributed by atoms with Gasteiger partial charge in [-0.3, -0.25) is 14.0 Å². The van der Waals surface area contributed by atoms with Crippen molar-refractivity contribution in [2.75, 3.05) is 19.8 Å². The zero-order chi connectivity index (χ0) is 17.5. The summed E-state index contributed by atoms with van der Waals surface area (Å²) in [6.45, 7) is 0.638. The molecule has 7 nitrogen and oxygen atoms in total. The van der Waals surface area contributed by atoms with Crippen molar-refractivity contribution < 1.29 is 19.1 Å². The normalized spacial score (nSPS) is 11.3. The number of carboxylic acid groups (broad SMARTS) is 1. The molecule has 0 aromatic heterocycles. The summed E-state index contributed by atoms with van der Waals surface area (Å²) < 4.78 is 12.0. The molecule has 0 spiro atoms. The van der Waals surface area contributed by atoms with Crippen LogP contribution in [0.3, 0.4) is 0 Å². The van der Waals surface area contributed by atoms with Crippen molar-refractivity contribution in [3.63, 3.8) is 0 Å². The van der Waals surface area contributed by atoms with Gasteiger partial charge in [0.1, 0.15) is 0 Å². The lowest BCUT2D eigenvalue weighted by molar-refractivity contribution is -0.137. The third kappa shape index (κ3) is 14.9. The number of allylic oxidation sites excluding steroid dienone is 1. The Morgan fingerprint density at radius 1 is 1.09 bits per heavy atom. The predicted molar refractivity (Wildman–Crippen MR) is 86.7 cm³/mol. The van der Waals surface area contributed by atoms with Gasteiger partial charge in [0.15, 0.2) is 0 Å². The van der Waals surface area contributed by atoms with Crippen LogP contribution < -0.4 is 16.9 Å². The van der Waals surface area contributed by atoms with Crippen LogP contribution in [0.2, 0.25) is 0 Å². The van der Waals surface area contributed by atoms with Gasteiger partial charge in [-0.2, -0.15) is 0 Å². The van der Waals surface area contributed by atoms with Crippen molar-refractivity contribution in [2.45, 2.75) is 51.4 Å². The minimum absolute atomic E-state index is 0.0500. The molecule has 0 bridgehead atoms. The van der Waals surface area contributed by atoms with E-state index in [2.05, 4.69) is 5.32 Å². The SMILES string of the molecule is N/C(=C\N(N)CCCC(=O)NCCCCCC(=O)O)CCCF. The van der Waals surface area contributed by atoms with Gasteiger partial charge in [0, 0.05) is 37.8 Å². The van der Waals surface area contributed by atoms with Crippen molar-refractivity contribution in [1.29, 1.82) is 0 Å². The van der Waals surface area contributed by atoms with E-state index in [1.165, 1.54) is 5.01 Å². The lowest BCUT2D eigenvalue weighted by Gasteiger charge is -2.14. The first-order valence-electron chi connectivity index (χ1n) is 7.97. The molecule has 6 N–H and O–H groups in total. The van der Waals surface area contributed by atoms with Crippen LogP contribution in [0.4, 0.5) is 4.39 Å². The van der Waals surface area contributed by atoms with Crippen LogP contribution in [0.25, 0.3) is 0 Å². The Bertz CT molecular complexity index is 378. The number of rotatable bonds is 14. The number of nitrogens with two attached hydrogens (primary N) is 2. The summed E-state index contributed by atoms with van der Waals surface area (Å²) in [4.78, 5) is 21.9. The van der Waals surface area contributed by atoms with E-state index in [0.717, 1.165) is 12.8 Å². The zero-order valence-electron chi connectivity index (χ0n) is 13.6. The maximum Gasteiger partial charge on any atom is 0.303 e. The number of unbranched alkanes of at least 4 members (excludes halogenated alkanes) is 2. The quantitative estimate of drug-likeness (QED) is 0.216. The van der Waals surface area contributed by atoms with Gasteiger partial charge in [-0.05, 0) is 32.1 Å². The summed E-state index contributed by atoms with van der Waals surface area (Å²) in [5.74, 6) is 4.87. The minimum Gasteiger partial charge on any atom is -0.481 e. The molecule has 0 radical (unpaired) electrons. The minimum atomic E-state index is -0.792. The van der Waals surface area contributed by atoms with Crippen LogP contribution in [0.5, 0.6) is 0 Å². The Morgan fingerprint density at radius 2 is 1.83 bits per heavy atom. The molecule has 0 aliphatic rings. The Labute approximate surface area is 136 Å². The van der Waals surface area contributed by atoms with Crippen molar-refractivity contribution in [2.24, 2.45) is 11.6 Å². The number of carboxylic acids is 1. The Hall–Kier alpha value is -1.83. The van der Waals surface area contributed by atoms with Gasteiger partial charge in [-0.25, -0.2) is 5.84 Å². The largest absolute Gasteiger partial charge is 0.481 e. The third-order valence-electron chi connectivity index (χ3n) is 3.14. The average Bonchev–Trinajstić information content (AvgIpc) is 2.48. The molecule has 0 saturated heterocycles. The number of alkyl halides is 1. The van der Waals surface area contributed by atoms with Crippen molar-refractivity contribution in [1.82, 2.24) is 10.3 Å². The number of nitrogens with zero attached hydrogens (tertiary/aromatic N) is 1. The number of carbonyl (C=O) groups is 2. The second-order valence-electron chi connectivity index (χ2n) is 5.39. The molecule has 0 fully saturated rings. The lowest BCUT2D eigenvalue weighted by atomic mass is 10.2. The number of hydrogen-bond donors (Lipinski definition) is 4. The molecule has 0 atom stereocenters. The molecule has 0 rings (SSSR count). The standard InChI is InChI=1S/C15H29FN4O3/c16-9-4-6-13(17)12-20(18)11-5-7-14(21)19-10-3-1-2-8-15(22)23/h12H,1-11,17-18H2,(H,19,21)(H,22,23)/b13-12-.